The highest BCUT2D eigenvalue weighted by molar-refractivity contribution is 7.89. The summed E-state index contributed by atoms with van der Waals surface area (Å²) in [7, 11) is -3.47. The molecule has 2 aromatic rings. The fraction of sp³-hybridized carbons (Fsp3) is 0.294. The zero-order valence-electron chi connectivity index (χ0n) is 12.9. The highest BCUT2D eigenvalue weighted by atomic mass is 35.5. The summed E-state index contributed by atoms with van der Waals surface area (Å²) >= 11 is 12.2. The molecule has 0 bridgehead atoms. The zero-order chi connectivity index (χ0) is 17.2. The lowest BCUT2D eigenvalue weighted by Crippen LogP contribution is -2.36. The maximum Gasteiger partial charge on any atom is 0.217 e. The van der Waals surface area contributed by atoms with Crippen molar-refractivity contribution in [2.45, 2.75) is 12.6 Å². The van der Waals surface area contributed by atoms with Gasteiger partial charge in [0.1, 0.15) is 0 Å². The molecule has 1 fully saturated rings. The van der Waals surface area contributed by atoms with Crippen molar-refractivity contribution in [3.63, 3.8) is 0 Å². The van der Waals surface area contributed by atoms with Crippen LogP contribution >= 0.6 is 23.2 Å². The van der Waals surface area contributed by atoms with Crippen LogP contribution in [0, 0.1) is 0 Å². The summed E-state index contributed by atoms with van der Waals surface area (Å²) < 4.78 is 32.5. The molecule has 0 radical (unpaired) electrons. The van der Waals surface area contributed by atoms with E-state index in [1.54, 1.807) is 18.2 Å². The predicted molar refractivity (Wildman–Crippen MR) is 95.8 cm³/mol. The van der Waals surface area contributed by atoms with Crippen molar-refractivity contribution in [3.05, 3.63) is 69.7 Å². The summed E-state index contributed by atoms with van der Waals surface area (Å²) in [5, 5.41) is 0.972. The van der Waals surface area contributed by atoms with Crippen molar-refractivity contribution >= 4 is 33.2 Å². The first kappa shape index (κ1) is 17.7. The van der Waals surface area contributed by atoms with Crippen LogP contribution < -0.4 is 0 Å². The standard InChI is InChI=1S/C17H17Cl2NO3S/c18-15-7-6-14(16(19)10-15)11-20-17(13-4-2-1-3-5-13)12-23-8-9-24(20,21)22/h1-7,10,17H,8-9,11-12H2/t17-/m1/s1. The van der Waals surface area contributed by atoms with Crippen LogP contribution in [0.25, 0.3) is 0 Å². The molecule has 0 aromatic heterocycles. The van der Waals surface area contributed by atoms with Crippen LogP contribution in [0.4, 0.5) is 0 Å². The van der Waals surface area contributed by atoms with E-state index >= 15 is 0 Å². The third kappa shape index (κ3) is 3.92. The van der Waals surface area contributed by atoms with Crippen molar-refractivity contribution in [1.29, 1.82) is 0 Å². The molecule has 0 saturated carbocycles. The lowest BCUT2D eigenvalue weighted by molar-refractivity contribution is 0.110. The van der Waals surface area contributed by atoms with Crippen LogP contribution in [0.1, 0.15) is 17.2 Å². The van der Waals surface area contributed by atoms with E-state index in [-0.39, 0.29) is 24.9 Å². The summed E-state index contributed by atoms with van der Waals surface area (Å²) in [6.07, 6.45) is 0. The summed E-state index contributed by atoms with van der Waals surface area (Å²) in [6, 6.07) is 14.2. The molecule has 2 aromatic carbocycles. The first-order chi connectivity index (χ1) is 11.5. The molecule has 7 heteroatoms. The van der Waals surface area contributed by atoms with Gasteiger partial charge in [0.25, 0.3) is 0 Å². The third-order valence-electron chi connectivity index (χ3n) is 3.99. The molecule has 1 aliphatic rings. The van der Waals surface area contributed by atoms with E-state index < -0.39 is 10.0 Å². The van der Waals surface area contributed by atoms with Crippen LogP contribution in [0.3, 0.4) is 0 Å². The van der Waals surface area contributed by atoms with Crippen LogP contribution in [-0.2, 0) is 21.3 Å². The van der Waals surface area contributed by atoms with Gasteiger partial charge in [-0.05, 0) is 23.3 Å². The molecule has 1 atom stereocenters. The van der Waals surface area contributed by atoms with Crippen LogP contribution in [-0.4, -0.2) is 31.7 Å². The fourth-order valence-corrected chi connectivity index (χ4v) is 4.65. The number of benzene rings is 2. The number of halogens is 2. The Bertz CT molecular complexity index is 812. The third-order valence-corrected chi connectivity index (χ3v) is 6.36. The highest BCUT2D eigenvalue weighted by Crippen LogP contribution is 2.31. The summed E-state index contributed by atoms with van der Waals surface area (Å²) in [5.74, 6) is -0.0401. The number of ether oxygens (including phenoxy) is 1. The van der Waals surface area contributed by atoms with Gasteiger partial charge in [-0.25, -0.2) is 8.42 Å². The molecule has 0 amide bonds. The Morgan fingerprint density at radius 3 is 2.58 bits per heavy atom. The van der Waals surface area contributed by atoms with Crippen LogP contribution in [0.2, 0.25) is 10.0 Å². The van der Waals surface area contributed by atoms with Gasteiger partial charge < -0.3 is 4.74 Å². The number of rotatable bonds is 3. The highest BCUT2D eigenvalue weighted by Gasteiger charge is 2.34. The number of nitrogens with zero attached hydrogens (tertiary/aromatic N) is 1. The second-order valence-corrected chi connectivity index (χ2v) is 8.48. The number of sulfonamides is 1. The van der Waals surface area contributed by atoms with Gasteiger partial charge in [0.05, 0.1) is 25.0 Å². The van der Waals surface area contributed by atoms with Gasteiger partial charge in [-0.2, -0.15) is 4.31 Å². The lowest BCUT2D eigenvalue weighted by Gasteiger charge is -2.29. The molecular weight excluding hydrogens is 369 g/mol. The van der Waals surface area contributed by atoms with Crippen molar-refractivity contribution in [2.24, 2.45) is 0 Å². The second-order valence-electron chi connectivity index (χ2n) is 5.60. The molecule has 24 heavy (non-hydrogen) atoms. The van der Waals surface area contributed by atoms with Crippen molar-refractivity contribution < 1.29 is 13.2 Å². The van der Waals surface area contributed by atoms with Crippen molar-refractivity contribution in [1.82, 2.24) is 4.31 Å². The maximum absolute atomic E-state index is 12.7. The summed E-state index contributed by atoms with van der Waals surface area (Å²) in [5.41, 5.74) is 1.61. The zero-order valence-corrected chi connectivity index (χ0v) is 15.2. The SMILES string of the molecule is O=S1(=O)CCOC[C@H](c2ccccc2)N1Cc1ccc(Cl)cc1Cl. The Labute approximate surface area is 152 Å². The Kier molecular flexibility index (Phi) is 5.47. The molecule has 0 N–H and O–H groups in total. The van der Waals surface area contributed by atoms with Crippen molar-refractivity contribution in [3.8, 4) is 0 Å². The Morgan fingerprint density at radius 2 is 1.88 bits per heavy atom. The molecule has 4 nitrogen and oxygen atoms in total. The smallest absolute Gasteiger partial charge is 0.217 e. The molecule has 0 unspecified atom stereocenters. The first-order valence-corrected chi connectivity index (χ1v) is 9.90. The predicted octanol–water partition coefficient (Wildman–Crippen LogP) is 3.90. The van der Waals surface area contributed by atoms with Crippen LogP contribution in [0.5, 0.6) is 0 Å². The van der Waals surface area contributed by atoms with E-state index in [0.29, 0.717) is 22.2 Å². The topological polar surface area (TPSA) is 46.6 Å². The first-order valence-electron chi connectivity index (χ1n) is 7.53. The van der Waals surface area contributed by atoms with E-state index in [0.717, 1.165) is 5.56 Å². The van der Waals surface area contributed by atoms with Gasteiger partial charge in [0.15, 0.2) is 0 Å². The molecule has 1 aliphatic heterocycles. The van der Waals surface area contributed by atoms with Gasteiger partial charge in [-0.15, -0.1) is 0 Å². The van der Waals surface area contributed by atoms with E-state index in [1.165, 1.54) is 4.31 Å². The minimum Gasteiger partial charge on any atom is -0.378 e. The lowest BCUT2D eigenvalue weighted by atomic mass is 10.1. The molecule has 3 rings (SSSR count). The monoisotopic (exact) mass is 385 g/mol. The molecule has 0 aliphatic carbocycles. The molecular formula is C17H17Cl2NO3S. The minimum absolute atomic E-state index is 0.0401. The Balaban J connectivity index is 2.00. The average Bonchev–Trinajstić information content (AvgIpc) is 2.70. The van der Waals surface area contributed by atoms with E-state index in [9.17, 15) is 8.42 Å². The van der Waals surface area contributed by atoms with E-state index in [4.69, 9.17) is 27.9 Å². The molecule has 1 heterocycles. The molecule has 128 valence electrons. The van der Waals surface area contributed by atoms with E-state index in [2.05, 4.69) is 0 Å². The normalized spacial score (nSPS) is 21.3. The Hall–Kier alpha value is -1.11. The minimum atomic E-state index is -3.47. The quantitative estimate of drug-likeness (QED) is 0.804. The molecule has 1 saturated heterocycles. The van der Waals surface area contributed by atoms with Gasteiger partial charge in [0, 0.05) is 16.6 Å². The van der Waals surface area contributed by atoms with Crippen molar-refractivity contribution in [2.75, 3.05) is 19.0 Å². The average molecular weight is 386 g/mol. The summed E-state index contributed by atoms with van der Waals surface area (Å²) in [4.78, 5) is 0. The fourth-order valence-electron chi connectivity index (χ4n) is 2.72. The Morgan fingerprint density at radius 1 is 1.12 bits per heavy atom. The van der Waals surface area contributed by atoms with Gasteiger partial charge in [-0.3, -0.25) is 0 Å². The van der Waals surface area contributed by atoms with E-state index in [1.807, 2.05) is 30.3 Å². The molecule has 0 spiro atoms. The van der Waals surface area contributed by atoms with Crippen LogP contribution in [0.15, 0.2) is 48.5 Å². The number of hydrogen-bond acceptors (Lipinski definition) is 3. The van der Waals surface area contributed by atoms with Gasteiger partial charge in [-0.1, -0.05) is 59.6 Å². The van der Waals surface area contributed by atoms with Gasteiger partial charge >= 0.3 is 0 Å². The maximum atomic E-state index is 12.7. The van der Waals surface area contributed by atoms with Gasteiger partial charge in [0.2, 0.25) is 10.0 Å². The largest absolute Gasteiger partial charge is 0.378 e. The second kappa shape index (κ2) is 7.42. The summed E-state index contributed by atoms with van der Waals surface area (Å²) in [6.45, 7) is 0.687. The number of hydrogen-bond donors (Lipinski definition) is 0.